The van der Waals surface area contributed by atoms with Crippen LogP contribution in [0.1, 0.15) is 45.7 Å². The number of rotatable bonds is 3. The van der Waals surface area contributed by atoms with Gasteiger partial charge >= 0.3 is 0 Å². The molecule has 3 aliphatic rings. The van der Waals surface area contributed by atoms with E-state index in [1.165, 1.54) is 22.9 Å². The van der Waals surface area contributed by atoms with Crippen molar-refractivity contribution in [1.82, 2.24) is 14.8 Å². The van der Waals surface area contributed by atoms with Gasteiger partial charge in [-0.3, -0.25) is 14.4 Å². The third-order valence-electron chi connectivity index (χ3n) is 6.52. The van der Waals surface area contributed by atoms with Crippen molar-refractivity contribution in [2.45, 2.75) is 44.4 Å². The fourth-order valence-electron chi connectivity index (χ4n) is 5.08. The summed E-state index contributed by atoms with van der Waals surface area (Å²) in [6.07, 6.45) is 4.30. The zero-order valence-electron chi connectivity index (χ0n) is 15.9. The number of carbonyl (C=O) groups is 2. The number of piperidine rings is 1. The van der Waals surface area contributed by atoms with Crippen molar-refractivity contribution in [2.75, 3.05) is 0 Å². The first-order valence-corrected chi connectivity index (χ1v) is 10.2. The summed E-state index contributed by atoms with van der Waals surface area (Å²) in [6.45, 7) is 0.430. The minimum atomic E-state index is -0.889. The van der Waals surface area contributed by atoms with E-state index in [2.05, 4.69) is 5.32 Å². The van der Waals surface area contributed by atoms with Gasteiger partial charge in [0.2, 0.25) is 5.43 Å². The summed E-state index contributed by atoms with van der Waals surface area (Å²) in [5.74, 6) is -1.83. The average molecular weight is 432 g/mol. The molecular weight excluding hydrogens is 413 g/mol. The number of nitrogens with one attached hydrogen (secondary N) is 1. The standard InChI is InChI=1S/C21H19ClFN3O4/c22-15-6-12(23)3-1-11(15)7-24-20(29)14-8-25-9-16-10-2-4-13(5-10)26(16)21(30)17(25)19(28)18(14)27/h1,3,6,8,10,13,16,28H,2,4-5,7,9H2,(H,24,29)/t10-,13+,16+/m1/s1. The molecule has 2 bridgehead atoms. The Kier molecular flexibility index (Phi) is 4.36. The Morgan fingerprint density at radius 2 is 2.10 bits per heavy atom. The summed E-state index contributed by atoms with van der Waals surface area (Å²) >= 11 is 5.97. The predicted molar refractivity (Wildman–Crippen MR) is 106 cm³/mol. The van der Waals surface area contributed by atoms with Crippen LogP contribution in [0.5, 0.6) is 5.75 Å². The summed E-state index contributed by atoms with van der Waals surface area (Å²) in [5.41, 5.74) is -0.706. The van der Waals surface area contributed by atoms with Gasteiger partial charge in [0.25, 0.3) is 11.8 Å². The van der Waals surface area contributed by atoms with Crippen molar-refractivity contribution in [3.05, 3.63) is 62.3 Å². The van der Waals surface area contributed by atoms with Crippen molar-refractivity contribution >= 4 is 23.4 Å². The average Bonchev–Trinajstić information content (AvgIpc) is 3.32. The van der Waals surface area contributed by atoms with Gasteiger partial charge in [-0.2, -0.15) is 0 Å². The topological polar surface area (TPSA) is 91.6 Å². The van der Waals surface area contributed by atoms with Crippen molar-refractivity contribution in [3.8, 4) is 5.75 Å². The normalized spacial score (nSPS) is 24.0. The van der Waals surface area contributed by atoms with Gasteiger partial charge in [0.1, 0.15) is 11.4 Å². The molecule has 2 aliphatic heterocycles. The second kappa shape index (κ2) is 6.84. The number of halogens is 2. The lowest BCUT2D eigenvalue weighted by atomic mass is 9.95. The molecule has 1 aliphatic carbocycles. The Bertz CT molecular complexity index is 1150. The number of aromatic hydroxyl groups is 1. The number of fused-ring (bicyclic) bond motifs is 6. The maximum atomic E-state index is 13.2. The highest BCUT2D eigenvalue weighted by Gasteiger charge is 2.51. The van der Waals surface area contributed by atoms with Crippen LogP contribution < -0.4 is 10.7 Å². The fourth-order valence-corrected chi connectivity index (χ4v) is 5.32. The third kappa shape index (κ3) is 2.81. The number of carbonyl (C=O) groups excluding carboxylic acids is 2. The number of pyridine rings is 1. The summed E-state index contributed by atoms with van der Waals surface area (Å²) in [6, 6.07) is 3.99. The van der Waals surface area contributed by atoms with E-state index in [0.29, 0.717) is 18.0 Å². The van der Waals surface area contributed by atoms with Crippen molar-refractivity contribution in [3.63, 3.8) is 0 Å². The van der Waals surface area contributed by atoms with E-state index < -0.39 is 22.9 Å². The Morgan fingerprint density at radius 3 is 2.87 bits per heavy atom. The van der Waals surface area contributed by atoms with Crippen molar-refractivity contribution in [2.24, 2.45) is 5.92 Å². The highest BCUT2D eigenvalue weighted by atomic mass is 35.5. The Hall–Kier alpha value is -2.87. The van der Waals surface area contributed by atoms with E-state index in [1.54, 1.807) is 4.90 Å². The summed E-state index contributed by atoms with van der Waals surface area (Å²) in [4.78, 5) is 40.1. The Labute approximate surface area is 176 Å². The highest BCUT2D eigenvalue weighted by Crippen LogP contribution is 2.45. The number of hydrogen-bond acceptors (Lipinski definition) is 4. The molecule has 5 rings (SSSR count). The first-order valence-electron chi connectivity index (χ1n) is 9.86. The van der Waals surface area contributed by atoms with Gasteiger partial charge in [0, 0.05) is 30.4 Å². The van der Waals surface area contributed by atoms with E-state index in [-0.39, 0.29) is 40.8 Å². The zero-order chi connectivity index (χ0) is 21.2. The molecule has 2 amide bonds. The lowest BCUT2D eigenvalue weighted by Gasteiger charge is -2.40. The molecule has 2 fully saturated rings. The predicted octanol–water partition coefficient (Wildman–Crippen LogP) is 2.28. The molecule has 0 spiro atoms. The molecule has 2 N–H and O–H groups in total. The number of aromatic nitrogens is 1. The second-order valence-electron chi connectivity index (χ2n) is 8.15. The monoisotopic (exact) mass is 431 g/mol. The SMILES string of the molecule is O=C(NCc1ccc(F)cc1Cl)c1cn2c(c(O)c1=O)C(=O)N1[C@H]3CC[C@H](C3)[C@@H]1C2. The van der Waals surface area contributed by atoms with Gasteiger partial charge in [-0.15, -0.1) is 0 Å². The first-order chi connectivity index (χ1) is 14.3. The molecule has 1 aromatic carbocycles. The van der Waals surface area contributed by atoms with Gasteiger partial charge < -0.3 is 19.9 Å². The maximum Gasteiger partial charge on any atom is 0.275 e. The molecule has 7 nitrogen and oxygen atoms in total. The molecule has 3 heterocycles. The molecule has 1 saturated carbocycles. The van der Waals surface area contributed by atoms with Crippen LogP contribution in [0.3, 0.4) is 0 Å². The number of benzene rings is 1. The van der Waals surface area contributed by atoms with E-state index in [1.807, 2.05) is 0 Å². The molecule has 1 aromatic heterocycles. The zero-order valence-corrected chi connectivity index (χ0v) is 16.7. The van der Waals surface area contributed by atoms with Crippen molar-refractivity contribution < 1.29 is 19.1 Å². The summed E-state index contributed by atoms with van der Waals surface area (Å²) < 4.78 is 14.7. The van der Waals surface area contributed by atoms with Gasteiger partial charge in [-0.1, -0.05) is 17.7 Å². The first kappa shape index (κ1) is 19.1. The minimum absolute atomic E-state index is 0.0149. The third-order valence-corrected chi connectivity index (χ3v) is 6.87. The Balaban J connectivity index is 1.44. The molecule has 1 saturated heterocycles. The van der Waals surface area contributed by atoms with Crippen LogP contribution in [-0.4, -0.2) is 38.5 Å². The molecule has 0 unspecified atom stereocenters. The summed E-state index contributed by atoms with van der Waals surface area (Å²) in [5, 5.41) is 13.2. The lowest BCUT2D eigenvalue weighted by molar-refractivity contribution is 0.0482. The van der Waals surface area contributed by atoms with E-state index in [9.17, 15) is 23.9 Å². The van der Waals surface area contributed by atoms with Gasteiger partial charge in [-0.05, 0) is 42.9 Å². The van der Waals surface area contributed by atoms with Crippen LogP contribution in [0, 0.1) is 11.7 Å². The Morgan fingerprint density at radius 1 is 1.30 bits per heavy atom. The lowest BCUT2D eigenvalue weighted by Crippen LogP contribution is -2.52. The molecule has 9 heteroatoms. The molecule has 0 radical (unpaired) electrons. The molecular formula is C21H19ClFN3O4. The molecule has 2 aromatic rings. The van der Waals surface area contributed by atoms with Crippen molar-refractivity contribution in [1.29, 1.82) is 0 Å². The number of hydrogen-bond donors (Lipinski definition) is 2. The molecule has 3 atom stereocenters. The van der Waals surface area contributed by atoms with Crippen LogP contribution in [0.2, 0.25) is 5.02 Å². The second-order valence-corrected chi connectivity index (χ2v) is 8.55. The maximum absolute atomic E-state index is 13.2. The van der Waals surface area contributed by atoms with Gasteiger partial charge in [-0.25, -0.2) is 4.39 Å². The van der Waals surface area contributed by atoms with Crippen LogP contribution in [0.15, 0.2) is 29.2 Å². The van der Waals surface area contributed by atoms with Crippen LogP contribution in [-0.2, 0) is 13.1 Å². The fraction of sp³-hybridized carbons (Fsp3) is 0.381. The smallest absolute Gasteiger partial charge is 0.275 e. The van der Waals surface area contributed by atoms with E-state index >= 15 is 0 Å². The van der Waals surface area contributed by atoms with E-state index in [4.69, 9.17) is 11.6 Å². The van der Waals surface area contributed by atoms with Gasteiger partial charge in [0.15, 0.2) is 11.4 Å². The van der Waals surface area contributed by atoms with Gasteiger partial charge in [0.05, 0.1) is 6.04 Å². The molecule has 156 valence electrons. The van der Waals surface area contributed by atoms with Crippen LogP contribution in [0.4, 0.5) is 4.39 Å². The number of amides is 2. The van der Waals surface area contributed by atoms with Crippen LogP contribution in [0.25, 0.3) is 0 Å². The quantitative estimate of drug-likeness (QED) is 0.780. The molecule has 30 heavy (non-hydrogen) atoms. The summed E-state index contributed by atoms with van der Waals surface area (Å²) in [7, 11) is 0. The van der Waals surface area contributed by atoms with Crippen LogP contribution >= 0.6 is 11.6 Å². The van der Waals surface area contributed by atoms with E-state index in [0.717, 1.165) is 25.3 Å². The largest absolute Gasteiger partial charge is 0.503 e. The highest BCUT2D eigenvalue weighted by molar-refractivity contribution is 6.31. The minimum Gasteiger partial charge on any atom is -0.503 e. The number of nitrogens with zero attached hydrogens (tertiary/aromatic N) is 2.